The topological polar surface area (TPSA) is 52.7 Å². The van der Waals surface area contributed by atoms with Gasteiger partial charge in [-0.3, -0.25) is 15.0 Å². The largest absolute Gasteiger partial charge is 0.401 e. The van der Waals surface area contributed by atoms with Crippen LogP contribution in [0.4, 0.5) is 18.0 Å². The van der Waals surface area contributed by atoms with Crippen LogP contribution < -0.4 is 5.32 Å². The van der Waals surface area contributed by atoms with Gasteiger partial charge in [0.1, 0.15) is 0 Å². The van der Waals surface area contributed by atoms with Crippen molar-refractivity contribution in [3.8, 4) is 0 Å². The van der Waals surface area contributed by atoms with Crippen LogP contribution in [0.15, 0.2) is 0 Å². The van der Waals surface area contributed by atoms with Crippen molar-refractivity contribution in [2.24, 2.45) is 0 Å². The van der Waals surface area contributed by atoms with Gasteiger partial charge in [0.25, 0.3) is 0 Å². The van der Waals surface area contributed by atoms with E-state index >= 15 is 0 Å². The Balaban J connectivity index is 2.33. The molecule has 1 N–H and O–H groups in total. The number of amides is 3. The lowest BCUT2D eigenvalue weighted by atomic mass is 10.3. The number of carbonyl (C=O) groups is 2. The lowest BCUT2D eigenvalue weighted by Gasteiger charge is -2.34. The number of nitrogens with zero attached hydrogens (tertiary/aromatic N) is 2. The summed E-state index contributed by atoms with van der Waals surface area (Å²) in [4.78, 5) is 25.3. The molecule has 0 spiro atoms. The number of rotatable bonds is 3. The van der Waals surface area contributed by atoms with E-state index < -0.39 is 24.7 Å². The molecule has 1 fully saturated rings. The predicted octanol–water partition coefficient (Wildman–Crippen LogP) is 1.03. The van der Waals surface area contributed by atoms with Gasteiger partial charge in [-0.1, -0.05) is 0 Å². The molecule has 0 unspecified atom stereocenters. The van der Waals surface area contributed by atoms with Gasteiger partial charge < -0.3 is 4.90 Å². The first kappa shape index (κ1) is 16.0. The van der Waals surface area contributed by atoms with Crippen molar-refractivity contribution in [2.45, 2.75) is 12.6 Å². The molecule has 1 aliphatic heterocycles. The normalized spacial score (nSPS) is 17.4. The van der Waals surface area contributed by atoms with Gasteiger partial charge in [-0.25, -0.2) is 4.79 Å². The molecule has 0 saturated carbocycles. The van der Waals surface area contributed by atoms with E-state index in [9.17, 15) is 22.8 Å². The SMILES string of the molecule is O=C(CCCl)NC(=O)N1CCN(CC(F)(F)F)CC1. The molecule has 0 bridgehead atoms. The van der Waals surface area contributed by atoms with Gasteiger partial charge in [-0.2, -0.15) is 13.2 Å². The number of nitrogens with one attached hydrogen (secondary N) is 1. The first-order valence-corrected chi connectivity index (χ1v) is 6.29. The second-order valence-corrected chi connectivity index (χ2v) is 4.55. The summed E-state index contributed by atoms with van der Waals surface area (Å²) >= 11 is 5.35. The van der Waals surface area contributed by atoms with Crippen molar-refractivity contribution in [3.05, 3.63) is 0 Å². The minimum atomic E-state index is -4.24. The number of hydrogen-bond acceptors (Lipinski definition) is 3. The highest BCUT2D eigenvalue weighted by molar-refractivity contribution is 6.19. The highest BCUT2D eigenvalue weighted by atomic mass is 35.5. The van der Waals surface area contributed by atoms with E-state index in [-0.39, 0.29) is 38.5 Å². The first-order valence-electron chi connectivity index (χ1n) is 5.75. The van der Waals surface area contributed by atoms with Crippen LogP contribution in [0.25, 0.3) is 0 Å². The molecule has 0 radical (unpaired) electrons. The second-order valence-electron chi connectivity index (χ2n) is 4.17. The fourth-order valence-corrected chi connectivity index (χ4v) is 1.88. The second kappa shape index (κ2) is 6.95. The smallest absolute Gasteiger partial charge is 0.322 e. The van der Waals surface area contributed by atoms with E-state index in [1.165, 1.54) is 9.80 Å². The Kier molecular flexibility index (Phi) is 5.86. The lowest BCUT2D eigenvalue weighted by Crippen LogP contribution is -2.54. The Bertz CT molecular complexity index is 330. The number of halogens is 4. The molecule has 1 heterocycles. The highest BCUT2D eigenvalue weighted by Crippen LogP contribution is 2.17. The number of urea groups is 1. The van der Waals surface area contributed by atoms with Crippen LogP contribution in [0, 0.1) is 0 Å². The summed E-state index contributed by atoms with van der Waals surface area (Å²) < 4.78 is 36.5. The first-order chi connectivity index (χ1) is 8.81. The summed E-state index contributed by atoms with van der Waals surface area (Å²) in [5.41, 5.74) is 0. The molecule has 9 heteroatoms. The Morgan fingerprint density at radius 2 is 1.74 bits per heavy atom. The minimum absolute atomic E-state index is 0.0291. The fraction of sp³-hybridized carbons (Fsp3) is 0.800. The van der Waals surface area contributed by atoms with E-state index in [2.05, 4.69) is 5.32 Å². The van der Waals surface area contributed by atoms with Crippen LogP contribution in [0.2, 0.25) is 0 Å². The molecule has 0 aromatic heterocycles. The van der Waals surface area contributed by atoms with E-state index in [0.717, 1.165) is 0 Å². The Morgan fingerprint density at radius 3 is 2.21 bits per heavy atom. The fourth-order valence-electron chi connectivity index (χ4n) is 1.71. The zero-order valence-electron chi connectivity index (χ0n) is 10.2. The van der Waals surface area contributed by atoms with Crippen molar-refractivity contribution < 1.29 is 22.8 Å². The van der Waals surface area contributed by atoms with Crippen LogP contribution >= 0.6 is 11.6 Å². The van der Waals surface area contributed by atoms with Crippen LogP contribution in [0.5, 0.6) is 0 Å². The van der Waals surface area contributed by atoms with Crippen molar-refractivity contribution in [1.82, 2.24) is 15.1 Å². The maximum absolute atomic E-state index is 12.2. The predicted molar refractivity (Wildman–Crippen MR) is 62.9 cm³/mol. The maximum Gasteiger partial charge on any atom is 0.401 e. The standard InChI is InChI=1S/C10H15ClF3N3O2/c11-2-1-8(18)15-9(19)17-5-3-16(4-6-17)7-10(12,13)14/h1-7H2,(H,15,18,19). The van der Waals surface area contributed by atoms with Gasteiger partial charge in [-0.05, 0) is 0 Å². The van der Waals surface area contributed by atoms with E-state index in [4.69, 9.17) is 11.6 Å². The van der Waals surface area contributed by atoms with Gasteiger partial charge >= 0.3 is 12.2 Å². The van der Waals surface area contributed by atoms with Gasteiger partial charge in [-0.15, -0.1) is 11.6 Å². The van der Waals surface area contributed by atoms with Crippen LogP contribution in [0.3, 0.4) is 0 Å². The number of hydrogen-bond donors (Lipinski definition) is 1. The maximum atomic E-state index is 12.2. The van der Waals surface area contributed by atoms with Gasteiger partial charge in [0, 0.05) is 38.5 Å². The molecule has 3 amide bonds. The summed E-state index contributed by atoms with van der Waals surface area (Å²) in [5.74, 6) is -0.379. The Morgan fingerprint density at radius 1 is 1.16 bits per heavy atom. The Labute approximate surface area is 113 Å². The van der Waals surface area contributed by atoms with Crippen LogP contribution in [0.1, 0.15) is 6.42 Å². The monoisotopic (exact) mass is 301 g/mol. The molecular formula is C10H15ClF3N3O2. The third-order valence-electron chi connectivity index (χ3n) is 2.63. The Hall–Kier alpha value is -1.02. The zero-order chi connectivity index (χ0) is 14.5. The third-order valence-corrected chi connectivity index (χ3v) is 2.82. The van der Waals surface area contributed by atoms with Crippen molar-refractivity contribution in [3.63, 3.8) is 0 Å². The molecule has 1 rings (SSSR count). The van der Waals surface area contributed by atoms with Crippen LogP contribution in [-0.2, 0) is 4.79 Å². The average molecular weight is 302 g/mol. The number of carbonyl (C=O) groups excluding carboxylic acids is 2. The van der Waals surface area contributed by atoms with E-state index in [0.29, 0.717) is 0 Å². The number of imide groups is 1. The van der Waals surface area contributed by atoms with Gasteiger partial charge in [0.15, 0.2) is 0 Å². The molecule has 0 aromatic carbocycles. The summed E-state index contributed by atoms with van der Waals surface area (Å²) in [7, 11) is 0. The summed E-state index contributed by atoms with van der Waals surface area (Å²) in [6, 6.07) is -0.582. The molecule has 0 aromatic rings. The van der Waals surface area contributed by atoms with Gasteiger partial charge in [0.05, 0.1) is 6.54 Å². The molecular weight excluding hydrogens is 287 g/mol. The quantitative estimate of drug-likeness (QED) is 0.792. The minimum Gasteiger partial charge on any atom is -0.322 e. The number of alkyl halides is 4. The molecule has 1 aliphatic rings. The summed E-state index contributed by atoms with van der Waals surface area (Å²) in [5, 5.41) is 2.14. The van der Waals surface area contributed by atoms with Crippen LogP contribution in [-0.4, -0.2) is 66.5 Å². The number of piperazine rings is 1. The summed E-state index contributed by atoms with van der Waals surface area (Å²) in [6.45, 7) is -0.382. The molecule has 110 valence electrons. The highest BCUT2D eigenvalue weighted by Gasteiger charge is 2.32. The lowest BCUT2D eigenvalue weighted by molar-refractivity contribution is -0.148. The van der Waals surface area contributed by atoms with Crippen molar-refractivity contribution in [1.29, 1.82) is 0 Å². The molecule has 0 atom stereocenters. The third kappa shape index (κ3) is 6.11. The van der Waals surface area contributed by atoms with Gasteiger partial charge in [0.2, 0.25) is 5.91 Å². The van der Waals surface area contributed by atoms with Crippen molar-refractivity contribution in [2.75, 3.05) is 38.6 Å². The van der Waals surface area contributed by atoms with E-state index in [1.54, 1.807) is 0 Å². The molecule has 0 aliphatic carbocycles. The molecule has 19 heavy (non-hydrogen) atoms. The van der Waals surface area contributed by atoms with E-state index in [1.807, 2.05) is 0 Å². The average Bonchev–Trinajstić information content (AvgIpc) is 2.27. The zero-order valence-corrected chi connectivity index (χ0v) is 10.9. The summed E-state index contributed by atoms with van der Waals surface area (Å²) in [6.07, 6.45) is -4.21. The molecule has 1 saturated heterocycles. The molecule has 5 nitrogen and oxygen atoms in total. The van der Waals surface area contributed by atoms with Crippen molar-refractivity contribution >= 4 is 23.5 Å².